The molecule has 7 aromatic carbocycles. The second-order valence-corrected chi connectivity index (χ2v) is 38.8. The van der Waals surface area contributed by atoms with Crippen molar-refractivity contribution in [2.24, 2.45) is 50.5 Å². The number of anilines is 4. The van der Waals surface area contributed by atoms with E-state index in [2.05, 4.69) is 99.3 Å². The predicted molar refractivity (Wildman–Crippen MR) is 512 cm³/mol. The standard InChI is InChI=1S/3C25H26Cl2N4O.C22H28Cl2N4O2/c3*1-15-23(29-16(2)31(24(15)32)20-9-5-8-19(26)21(20)27)30-12-10-25(11-13-30)14-17-6-3-4-7-18(17)22(25)28;1-13-7-8-22(19(13)25)9-11-27(12-10-22)20-18(30-3)21(29)28(14(2)26-20)16-6-4-5-15(23)17(16)24/h3*3-9,22H,10-14,28H2,1-2H3;4-6,13,19H,7-12,25H2,1-3H3/t3*22-;13-,19-/m1001/s1. The first-order valence-electron chi connectivity index (χ1n) is 43.3. The molecule has 29 heteroatoms. The average molecular weight is 1860 g/mol. The molecule has 0 bridgehead atoms. The van der Waals surface area contributed by atoms with Crippen LogP contribution in [0.2, 0.25) is 40.2 Å². The van der Waals surface area contributed by atoms with Gasteiger partial charge in [-0.2, -0.15) is 0 Å². The van der Waals surface area contributed by atoms with E-state index >= 15 is 0 Å². The van der Waals surface area contributed by atoms with Crippen molar-refractivity contribution in [1.29, 1.82) is 0 Å². The van der Waals surface area contributed by atoms with Gasteiger partial charge < -0.3 is 47.3 Å². The van der Waals surface area contributed by atoms with Gasteiger partial charge in [0.15, 0.2) is 5.82 Å². The maximum Gasteiger partial charge on any atom is 0.302 e. The Hall–Kier alpha value is -8.78. The highest BCUT2D eigenvalue weighted by Crippen LogP contribution is 2.55. The summed E-state index contributed by atoms with van der Waals surface area (Å²) in [6, 6.07) is 47.0. The minimum atomic E-state index is -0.296. The molecule has 4 aliphatic carbocycles. The lowest BCUT2D eigenvalue weighted by molar-refractivity contribution is 0.185. The molecule has 4 saturated heterocycles. The third-order valence-corrected chi connectivity index (χ3v) is 32.1. The topological polar surface area (TPSA) is 266 Å². The predicted octanol–water partition coefficient (Wildman–Crippen LogP) is 19.2. The average Bonchev–Trinajstić information content (AvgIpc) is 1.62. The lowest BCUT2D eigenvalue weighted by Gasteiger charge is -2.43. The molecule has 4 aliphatic heterocycles. The Morgan fingerprint density at radius 3 is 0.849 bits per heavy atom. The molecule has 8 N–H and O–H groups in total. The van der Waals surface area contributed by atoms with Crippen molar-refractivity contribution in [2.75, 3.05) is 79.1 Å². The Morgan fingerprint density at radius 2 is 0.587 bits per heavy atom. The number of fused-ring (bicyclic) bond motifs is 3. The molecule has 8 aliphatic rings. The van der Waals surface area contributed by atoms with Crippen molar-refractivity contribution in [3.8, 4) is 28.5 Å². The van der Waals surface area contributed by atoms with E-state index < -0.39 is 0 Å². The number of ether oxygens (including phenoxy) is 1. The van der Waals surface area contributed by atoms with Crippen molar-refractivity contribution < 1.29 is 4.74 Å². The molecule has 4 aromatic heterocycles. The molecule has 0 radical (unpaired) electrons. The van der Waals surface area contributed by atoms with Crippen LogP contribution >= 0.6 is 92.8 Å². The number of piperidine rings is 4. The molecule has 19 rings (SSSR count). The van der Waals surface area contributed by atoms with Crippen LogP contribution in [0, 0.1) is 76.0 Å². The van der Waals surface area contributed by atoms with Crippen LogP contribution in [-0.4, -0.2) is 104 Å². The van der Waals surface area contributed by atoms with Crippen molar-refractivity contribution in [3.63, 3.8) is 0 Å². The Kier molecular flexibility index (Phi) is 26.1. The van der Waals surface area contributed by atoms with Gasteiger partial charge in [0.2, 0.25) is 5.75 Å². The summed E-state index contributed by atoms with van der Waals surface area (Å²) in [6.45, 7) is 21.6. The number of halogens is 8. The van der Waals surface area contributed by atoms with Gasteiger partial charge in [-0.1, -0.05) is 197 Å². The highest BCUT2D eigenvalue weighted by molar-refractivity contribution is 6.44. The fourth-order valence-corrected chi connectivity index (χ4v) is 22.9. The number of nitrogens with zero attached hydrogens (tertiary/aromatic N) is 12. The summed E-state index contributed by atoms with van der Waals surface area (Å²) in [4.78, 5) is 81.5. The van der Waals surface area contributed by atoms with E-state index in [1.54, 1.807) is 93.4 Å². The Labute approximate surface area is 774 Å². The second-order valence-electron chi connectivity index (χ2n) is 35.7. The molecular formula is C97H106Cl8N16O5. The molecule has 126 heavy (non-hydrogen) atoms. The highest BCUT2D eigenvalue weighted by atomic mass is 35.5. The molecule has 11 aromatic rings. The SMILES string of the molecule is COc1c(N2CCC3(CC[C@@H](C)[C@H]3N)CC2)nc(C)n(-c2cccc(Cl)c2Cl)c1=O.Cc1c(N2CCC3(CC2)Cc2ccccc2[C@@H]3N)nc(C)n(-c2cccc(Cl)c2Cl)c1=O.Cc1c(N2CCC3(CC2)Cc2ccccc2[C@@H]3N)nc(C)n(-c2cccc(Cl)c2Cl)c1=O.Cc1c(N2CCC3(CC2)Cc2ccccc2[C@H]3N)nc(C)n(-c2cccc(Cl)c2Cl)c1=O. The normalized spacial score (nSPS) is 20.3. The van der Waals surface area contributed by atoms with Gasteiger partial charge in [-0.05, 0) is 241 Å². The van der Waals surface area contributed by atoms with Crippen LogP contribution in [0.4, 0.5) is 23.3 Å². The third-order valence-electron chi connectivity index (χ3n) is 28.9. The summed E-state index contributed by atoms with van der Waals surface area (Å²) in [7, 11) is 1.50. The van der Waals surface area contributed by atoms with Gasteiger partial charge in [-0.3, -0.25) is 37.4 Å². The van der Waals surface area contributed by atoms with Gasteiger partial charge in [-0.25, -0.2) is 19.9 Å². The van der Waals surface area contributed by atoms with Crippen LogP contribution in [0.3, 0.4) is 0 Å². The van der Waals surface area contributed by atoms with Crippen LogP contribution in [0.15, 0.2) is 165 Å². The minimum absolute atomic E-state index is 0.0645. The molecular weight excluding hydrogens is 1750 g/mol. The van der Waals surface area contributed by atoms with Crippen molar-refractivity contribution >= 4 is 116 Å². The molecule has 21 nitrogen and oxygen atoms in total. The summed E-state index contributed by atoms with van der Waals surface area (Å²) in [6.07, 6.45) is 13.3. The fraction of sp³-hybridized carbons (Fsp3) is 0.402. The maximum absolute atomic E-state index is 13.3. The van der Waals surface area contributed by atoms with E-state index in [4.69, 9.17) is 140 Å². The molecule has 5 atom stereocenters. The van der Waals surface area contributed by atoms with Crippen LogP contribution < -0.4 is 69.5 Å². The summed E-state index contributed by atoms with van der Waals surface area (Å²) < 4.78 is 11.6. The Bertz CT molecular complexity index is 5830. The van der Waals surface area contributed by atoms with Crippen molar-refractivity contribution in [3.05, 3.63) is 301 Å². The summed E-state index contributed by atoms with van der Waals surface area (Å²) in [5, 5.41) is 2.97. The number of nitrogens with two attached hydrogens (primary N) is 4. The van der Waals surface area contributed by atoms with Crippen molar-refractivity contribution in [2.45, 2.75) is 163 Å². The quantitative estimate of drug-likeness (QED) is 0.105. The zero-order valence-corrected chi connectivity index (χ0v) is 78.4. The zero-order valence-electron chi connectivity index (χ0n) is 72.3. The lowest BCUT2D eigenvalue weighted by atomic mass is 9.73. The van der Waals surface area contributed by atoms with E-state index in [0.29, 0.717) is 115 Å². The van der Waals surface area contributed by atoms with E-state index in [0.717, 1.165) is 140 Å². The fourth-order valence-electron chi connectivity index (χ4n) is 21.4. The van der Waals surface area contributed by atoms with E-state index in [1.165, 1.54) is 57.9 Å². The summed E-state index contributed by atoms with van der Waals surface area (Å²) >= 11 is 50.2. The second kappa shape index (κ2) is 36.3. The zero-order chi connectivity index (χ0) is 89.5. The first-order valence-corrected chi connectivity index (χ1v) is 46.3. The number of aryl methyl sites for hydroxylation is 4. The molecule has 1 saturated carbocycles. The van der Waals surface area contributed by atoms with E-state index in [9.17, 15) is 19.2 Å². The minimum Gasteiger partial charge on any atom is -0.488 e. The van der Waals surface area contributed by atoms with Crippen LogP contribution in [-0.2, 0) is 19.3 Å². The maximum atomic E-state index is 13.3. The smallest absolute Gasteiger partial charge is 0.302 e. The summed E-state index contributed by atoms with van der Waals surface area (Å²) in [5.74, 6) is 5.92. The first kappa shape index (κ1) is 90.6. The van der Waals surface area contributed by atoms with E-state index in [1.807, 2.05) is 41.5 Å². The molecule has 8 heterocycles. The van der Waals surface area contributed by atoms with Gasteiger partial charge in [0.25, 0.3) is 16.7 Å². The van der Waals surface area contributed by atoms with Crippen LogP contribution in [0.5, 0.6) is 5.75 Å². The van der Waals surface area contributed by atoms with Crippen LogP contribution in [0.25, 0.3) is 22.7 Å². The van der Waals surface area contributed by atoms with Crippen molar-refractivity contribution in [1.82, 2.24) is 38.2 Å². The van der Waals surface area contributed by atoms with Gasteiger partial charge in [0.05, 0.1) is 86.7 Å². The highest BCUT2D eigenvalue weighted by Gasteiger charge is 2.51. The largest absolute Gasteiger partial charge is 0.488 e. The number of aromatic nitrogens is 8. The van der Waals surface area contributed by atoms with Gasteiger partial charge in [0.1, 0.15) is 40.8 Å². The Morgan fingerprint density at radius 1 is 0.333 bits per heavy atom. The monoisotopic (exact) mass is 1850 g/mol. The first-order chi connectivity index (χ1) is 60.2. The van der Waals surface area contributed by atoms with Crippen LogP contribution in [0.1, 0.15) is 163 Å². The molecule has 5 fully saturated rings. The number of hydrogen-bond acceptors (Lipinski definition) is 17. The van der Waals surface area contributed by atoms with Gasteiger partial charge in [-0.15, -0.1) is 0 Å². The summed E-state index contributed by atoms with van der Waals surface area (Å²) in [5.41, 5.74) is 38.5. The lowest BCUT2D eigenvalue weighted by Crippen LogP contribution is -2.49. The number of benzene rings is 7. The number of rotatable bonds is 9. The molecule has 4 spiro atoms. The number of methoxy groups -OCH3 is 1. The Balaban J connectivity index is 0.000000124. The van der Waals surface area contributed by atoms with Gasteiger partial charge >= 0.3 is 5.56 Å². The molecule has 0 unspecified atom stereocenters. The molecule has 0 amide bonds. The number of hydrogen-bond donors (Lipinski definition) is 4. The third kappa shape index (κ3) is 16.3. The molecule has 660 valence electrons. The van der Waals surface area contributed by atoms with E-state index in [-0.39, 0.29) is 73.8 Å². The van der Waals surface area contributed by atoms with Gasteiger partial charge in [0, 0.05) is 76.5 Å².